The maximum atomic E-state index is 14.4. The summed E-state index contributed by atoms with van der Waals surface area (Å²) in [5.41, 5.74) is -1.13. The van der Waals surface area contributed by atoms with Gasteiger partial charge >= 0.3 is 12.2 Å². The Morgan fingerprint density at radius 2 is 1.85 bits per heavy atom. The van der Waals surface area contributed by atoms with Gasteiger partial charge in [-0.25, -0.2) is 22.4 Å². The van der Waals surface area contributed by atoms with Crippen LogP contribution in [0.25, 0.3) is 0 Å². The summed E-state index contributed by atoms with van der Waals surface area (Å²) in [6, 6.07) is 1.82. The summed E-state index contributed by atoms with van der Waals surface area (Å²) in [7, 11) is -3.28. The predicted molar refractivity (Wildman–Crippen MR) is 186 cm³/mol. The minimum atomic E-state index is -3.28. The molecule has 1 aromatic rings. The van der Waals surface area contributed by atoms with Gasteiger partial charge in [0.1, 0.15) is 35.1 Å². The lowest BCUT2D eigenvalue weighted by Gasteiger charge is -2.30. The molecule has 5 aliphatic rings. The highest BCUT2D eigenvalue weighted by atomic mass is 32.2. The Balaban J connectivity index is 1.24. The lowest BCUT2D eigenvalue weighted by molar-refractivity contribution is -0.141. The van der Waals surface area contributed by atoms with E-state index in [2.05, 4.69) is 16.0 Å². The third-order valence-electron chi connectivity index (χ3n) is 10.4. The number of ether oxygens (including phenoxy) is 2. The zero-order valence-corrected chi connectivity index (χ0v) is 30.6. The number of alkyl carbamates (subject to hydrolysis) is 1. The first kappa shape index (κ1) is 37.5. The van der Waals surface area contributed by atoms with E-state index in [-0.39, 0.29) is 62.7 Å². The molecule has 5 amide bonds. The van der Waals surface area contributed by atoms with Crippen LogP contribution in [0.1, 0.15) is 83.3 Å². The highest BCUT2D eigenvalue weighted by Crippen LogP contribution is 2.46. The van der Waals surface area contributed by atoms with Gasteiger partial charge in [-0.1, -0.05) is 37.1 Å². The van der Waals surface area contributed by atoms with Gasteiger partial charge in [0, 0.05) is 30.5 Å². The summed E-state index contributed by atoms with van der Waals surface area (Å²) in [5, 5.41) is 8.43. The fraction of sp³-hybridized carbons (Fsp3) is 0.639. The first-order valence-corrected chi connectivity index (χ1v) is 19.9. The van der Waals surface area contributed by atoms with Crippen molar-refractivity contribution in [3.05, 3.63) is 47.3 Å². The molecule has 0 unspecified atom stereocenters. The number of amides is 5. The molecule has 4 heterocycles. The fourth-order valence-electron chi connectivity index (χ4n) is 7.57. The van der Waals surface area contributed by atoms with Gasteiger partial charge in [0.05, 0.1) is 24.6 Å². The summed E-state index contributed by atoms with van der Waals surface area (Å²) in [5.74, 6) is -2.68. The van der Waals surface area contributed by atoms with E-state index >= 15 is 0 Å². The fourth-order valence-corrected chi connectivity index (χ4v) is 9.24. The van der Waals surface area contributed by atoms with Crippen LogP contribution in [0.3, 0.4) is 0 Å². The molecular weight excluding hydrogens is 697 g/mol. The van der Waals surface area contributed by atoms with Crippen molar-refractivity contribution in [2.45, 2.75) is 121 Å². The Morgan fingerprint density at radius 1 is 1.06 bits per heavy atom. The van der Waals surface area contributed by atoms with Crippen molar-refractivity contribution in [2.75, 3.05) is 18.1 Å². The third kappa shape index (κ3) is 8.53. The number of allylic oxidation sites excluding steroid dienone is 1. The van der Waals surface area contributed by atoms with E-state index in [1.165, 1.54) is 15.9 Å². The molecule has 3 N–H and O–H groups in total. The number of carbonyl (C=O) groups excluding carboxylic acids is 5. The van der Waals surface area contributed by atoms with Crippen LogP contribution in [-0.4, -0.2) is 102 Å². The molecule has 14 nitrogen and oxygen atoms in total. The molecule has 52 heavy (non-hydrogen) atoms. The Hall–Kier alpha value is -4.21. The third-order valence-corrected chi connectivity index (χ3v) is 12.1. The smallest absolute Gasteiger partial charge is 0.410 e. The number of carbonyl (C=O) groups is 5. The second kappa shape index (κ2) is 14.7. The Morgan fingerprint density at radius 3 is 2.56 bits per heavy atom. The number of benzene rings is 1. The van der Waals surface area contributed by atoms with E-state index in [1.54, 1.807) is 32.9 Å². The van der Waals surface area contributed by atoms with Crippen molar-refractivity contribution in [2.24, 2.45) is 5.92 Å². The highest BCUT2D eigenvalue weighted by molar-refractivity contribution is 7.91. The first-order chi connectivity index (χ1) is 24.5. The lowest BCUT2D eigenvalue weighted by atomic mass is 10.0. The van der Waals surface area contributed by atoms with Crippen LogP contribution in [-0.2, 0) is 46.8 Å². The summed E-state index contributed by atoms with van der Waals surface area (Å²) in [6.07, 6.45) is 5.00. The molecule has 1 saturated carbocycles. The van der Waals surface area contributed by atoms with E-state index in [0.29, 0.717) is 24.0 Å². The van der Waals surface area contributed by atoms with Crippen LogP contribution in [0, 0.1) is 11.7 Å². The van der Waals surface area contributed by atoms with Crippen molar-refractivity contribution < 1.29 is 46.3 Å². The monoisotopic (exact) mass is 745 g/mol. The molecule has 284 valence electrons. The molecule has 3 fully saturated rings. The molecule has 0 bridgehead atoms. The molecule has 1 aliphatic carbocycles. The van der Waals surface area contributed by atoms with E-state index < -0.39 is 80.9 Å². The van der Waals surface area contributed by atoms with E-state index in [4.69, 9.17) is 9.47 Å². The normalized spacial score (nSPS) is 30.2. The molecular formula is C36H48FN5O9S. The van der Waals surface area contributed by atoms with Gasteiger partial charge in [0.15, 0.2) is 9.84 Å². The largest absolute Gasteiger partial charge is 0.444 e. The van der Waals surface area contributed by atoms with Crippen molar-refractivity contribution in [3.63, 3.8) is 0 Å². The molecule has 4 aliphatic heterocycles. The van der Waals surface area contributed by atoms with E-state index in [1.807, 2.05) is 12.2 Å². The standard InChI is InChI=1S/C36H48FN5O9S/c1-35(2,3)51-33(46)39-28-13-8-6-4-5-7-11-23-17-36(23,32(45)38-24-14-15-52(48,49)21-24)40-30(43)29-16-25(19-42(29)31(28)44)50-34(47)41-18-22-10-9-12-27(37)26(22)20-41/h7,9-12,23-25,28-29H,4-6,8,13-21H2,1-3H3,(H,38,45)(H,39,46)(H,40,43)/t23-,24+,25-,28+,29+,36-/m1/s1. The summed E-state index contributed by atoms with van der Waals surface area (Å²) in [6.45, 7) is 5.10. The summed E-state index contributed by atoms with van der Waals surface area (Å²) < 4.78 is 49.9. The Bertz CT molecular complexity index is 1750. The number of nitrogens with one attached hydrogen (secondary N) is 3. The van der Waals surface area contributed by atoms with E-state index in [0.717, 1.165) is 12.8 Å². The van der Waals surface area contributed by atoms with Crippen molar-refractivity contribution in [3.8, 4) is 0 Å². The minimum Gasteiger partial charge on any atom is -0.444 e. The van der Waals surface area contributed by atoms with Crippen LogP contribution in [0.15, 0.2) is 30.4 Å². The van der Waals surface area contributed by atoms with Gasteiger partial charge in [-0.3, -0.25) is 19.3 Å². The van der Waals surface area contributed by atoms with Gasteiger partial charge in [-0.05, 0) is 64.5 Å². The molecule has 1 aromatic carbocycles. The number of hydrogen-bond donors (Lipinski definition) is 3. The first-order valence-electron chi connectivity index (χ1n) is 18.1. The molecule has 6 rings (SSSR count). The predicted octanol–water partition coefficient (Wildman–Crippen LogP) is 2.84. The molecule has 16 heteroatoms. The molecule has 0 aromatic heterocycles. The zero-order chi connectivity index (χ0) is 37.4. The number of rotatable bonds is 4. The van der Waals surface area contributed by atoms with E-state index in [9.17, 15) is 36.8 Å². The van der Waals surface area contributed by atoms with Gasteiger partial charge in [-0.2, -0.15) is 0 Å². The van der Waals surface area contributed by atoms with Crippen LogP contribution in [0.5, 0.6) is 0 Å². The minimum absolute atomic E-state index is 0.0107. The number of halogens is 1. The highest BCUT2D eigenvalue weighted by Gasteiger charge is 2.61. The Labute approximate surface area is 303 Å². The molecule has 6 atom stereocenters. The van der Waals surface area contributed by atoms with Crippen molar-refractivity contribution >= 4 is 39.7 Å². The second-order valence-electron chi connectivity index (χ2n) is 15.6. The average molecular weight is 746 g/mol. The van der Waals surface area contributed by atoms with Crippen LogP contribution >= 0.6 is 0 Å². The van der Waals surface area contributed by atoms with Crippen molar-refractivity contribution in [1.29, 1.82) is 0 Å². The van der Waals surface area contributed by atoms with Gasteiger partial charge < -0.3 is 30.3 Å². The van der Waals surface area contributed by atoms with Gasteiger partial charge in [0.25, 0.3) is 0 Å². The average Bonchev–Trinajstić information content (AvgIpc) is 3.36. The molecule has 2 saturated heterocycles. The summed E-state index contributed by atoms with van der Waals surface area (Å²) >= 11 is 0. The van der Waals surface area contributed by atoms with Crippen LogP contribution in [0.2, 0.25) is 0 Å². The number of fused-ring (bicyclic) bond motifs is 3. The van der Waals surface area contributed by atoms with Crippen molar-refractivity contribution in [1.82, 2.24) is 25.8 Å². The second-order valence-corrected chi connectivity index (χ2v) is 17.8. The zero-order valence-electron chi connectivity index (χ0n) is 29.8. The number of sulfone groups is 1. The van der Waals surface area contributed by atoms with Crippen LogP contribution in [0.4, 0.5) is 14.0 Å². The Kier molecular flexibility index (Phi) is 10.6. The maximum absolute atomic E-state index is 14.4. The molecule has 0 radical (unpaired) electrons. The molecule has 0 spiro atoms. The topological polar surface area (TPSA) is 181 Å². The van der Waals surface area contributed by atoms with Crippen LogP contribution < -0.4 is 16.0 Å². The lowest BCUT2D eigenvalue weighted by Crippen LogP contribution is -2.58. The number of nitrogens with zero attached hydrogens (tertiary/aromatic N) is 2. The van der Waals surface area contributed by atoms with Gasteiger partial charge in [-0.15, -0.1) is 0 Å². The quantitative estimate of drug-likeness (QED) is 0.391. The SMILES string of the molecule is CC(C)(C)OC(=O)N[C@H]1CCCCCC=C[C@@H]2C[C@@]2(C(=O)N[C@H]2CCS(=O)(=O)C2)NC(=O)[C@@H]2C[C@@H](OC(=O)N3Cc4cccc(F)c4C3)CN2C1=O. The maximum Gasteiger partial charge on any atom is 0.410 e. The summed E-state index contributed by atoms with van der Waals surface area (Å²) in [4.78, 5) is 71.2. The van der Waals surface area contributed by atoms with Gasteiger partial charge in [0.2, 0.25) is 17.7 Å². The number of hydrogen-bond acceptors (Lipinski definition) is 9.